The van der Waals surface area contributed by atoms with Crippen molar-refractivity contribution in [1.29, 1.82) is 0 Å². The molecule has 124 valence electrons. The molecule has 0 saturated heterocycles. The number of esters is 1. The first-order chi connectivity index (χ1) is 11.5. The predicted octanol–water partition coefficient (Wildman–Crippen LogP) is 5.57. The zero-order valence-corrected chi connectivity index (χ0v) is 14.3. The number of azo groups is 1. The third kappa shape index (κ3) is 4.57. The Morgan fingerprint density at radius 3 is 2.50 bits per heavy atom. The summed E-state index contributed by atoms with van der Waals surface area (Å²) < 4.78 is 4.92. The molecule has 0 saturated carbocycles. The first-order valence-electron chi connectivity index (χ1n) is 7.05. The van der Waals surface area contributed by atoms with Crippen molar-refractivity contribution in [3.63, 3.8) is 0 Å². The summed E-state index contributed by atoms with van der Waals surface area (Å²) in [5.41, 5.74) is 0.416. The van der Waals surface area contributed by atoms with Crippen LogP contribution < -0.4 is 0 Å². The van der Waals surface area contributed by atoms with Gasteiger partial charge in [0.05, 0.1) is 11.6 Å². The van der Waals surface area contributed by atoms with Crippen LogP contribution in [-0.2, 0) is 9.53 Å². The molecular formula is C17H14Cl2N2O3. The second kappa shape index (κ2) is 8.47. The van der Waals surface area contributed by atoms with E-state index in [-0.39, 0.29) is 23.1 Å². The number of benzene rings is 2. The van der Waals surface area contributed by atoms with Gasteiger partial charge in [0.15, 0.2) is 5.76 Å². The highest BCUT2D eigenvalue weighted by Gasteiger charge is 2.18. The molecule has 1 N–H and O–H groups in total. The number of halogens is 2. The van der Waals surface area contributed by atoms with Crippen molar-refractivity contribution in [3.8, 4) is 0 Å². The second-order valence-corrected chi connectivity index (χ2v) is 5.42. The number of carbonyl (C=O) groups excluding carboxylic acids is 1. The topological polar surface area (TPSA) is 71.2 Å². The minimum absolute atomic E-state index is 0.141. The van der Waals surface area contributed by atoms with Gasteiger partial charge in [-0.05, 0) is 25.1 Å². The van der Waals surface area contributed by atoms with Crippen LogP contribution in [-0.4, -0.2) is 17.7 Å². The molecule has 0 fully saturated rings. The van der Waals surface area contributed by atoms with Crippen molar-refractivity contribution in [3.05, 3.63) is 69.8 Å². The fraction of sp³-hybridized carbons (Fsp3) is 0.118. The number of hydrogen-bond acceptors (Lipinski definition) is 5. The third-order valence-corrected chi connectivity index (χ3v) is 3.45. The largest absolute Gasteiger partial charge is 0.505 e. The fourth-order valence-electron chi connectivity index (χ4n) is 1.78. The maximum atomic E-state index is 12.1. The van der Waals surface area contributed by atoms with Gasteiger partial charge in [-0.1, -0.05) is 53.5 Å². The summed E-state index contributed by atoms with van der Waals surface area (Å²) in [7, 11) is 0. The third-order valence-electron chi connectivity index (χ3n) is 2.91. The Labute approximate surface area is 149 Å². The number of aliphatic hydroxyl groups is 1. The van der Waals surface area contributed by atoms with E-state index in [0.29, 0.717) is 16.3 Å². The molecule has 0 aliphatic carbocycles. The summed E-state index contributed by atoms with van der Waals surface area (Å²) >= 11 is 11.8. The molecule has 2 aromatic carbocycles. The molecule has 0 aliphatic rings. The Morgan fingerprint density at radius 1 is 1.17 bits per heavy atom. The lowest BCUT2D eigenvalue weighted by Gasteiger charge is -2.06. The van der Waals surface area contributed by atoms with Crippen LogP contribution in [0.25, 0.3) is 5.76 Å². The molecule has 0 atom stereocenters. The maximum absolute atomic E-state index is 12.1. The van der Waals surface area contributed by atoms with Crippen molar-refractivity contribution < 1.29 is 14.6 Å². The molecule has 7 heteroatoms. The Balaban J connectivity index is 2.43. The molecule has 5 nitrogen and oxygen atoms in total. The Morgan fingerprint density at radius 2 is 1.88 bits per heavy atom. The van der Waals surface area contributed by atoms with E-state index in [1.165, 1.54) is 6.07 Å². The minimum atomic E-state index is -0.785. The van der Waals surface area contributed by atoms with E-state index in [9.17, 15) is 9.90 Å². The van der Waals surface area contributed by atoms with Gasteiger partial charge in [-0.25, -0.2) is 4.79 Å². The van der Waals surface area contributed by atoms with Crippen molar-refractivity contribution in [2.24, 2.45) is 10.2 Å². The van der Waals surface area contributed by atoms with Crippen LogP contribution >= 0.6 is 23.2 Å². The van der Waals surface area contributed by atoms with Gasteiger partial charge in [-0.3, -0.25) is 0 Å². The summed E-state index contributed by atoms with van der Waals surface area (Å²) in [5, 5.41) is 18.8. The number of aliphatic hydroxyl groups excluding tert-OH is 1. The smallest absolute Gasteiger partial charge is 0.362 e. The Kier molecular flexibility index (Phi) is 6.35. The van der Waals surface area contributed by atoms with Crippen LogP contribution in [0.2, 0.25) is 10.0 Å². The molecule has 2 rings (SSSR count). The van der Waals surface area contributed by atoms with Crippen LogP contribution in [0.5, 0.6) is 0 Å². The SMILES string of the molecule is CCOC(=O)/C(N=Nc1ccc(Cl)cc1Cl)=C(\O)c1ccccc1. The molecule has 0 aromatic heterocycles. The van der Waals surface area contributed by atoms with E-state index < -0.39 is 5.97 Å². The average molecular weight is 365 g/mol. The van der Waals surface area contributed by atoms with Crippen molar-refractivity contribution in [2.45, 2.75) is 6.92 Å². The first kappa shape index (κ1) is 18.0. The van der Waals surface area contributed by atoms with Crippen molar-refractivity contribution in [1.82, 2.24) is 0 Å². The van der Waals surface area contributed by atoms with Crippen LogP contribution in [0.3, 0.4) is 0 Å². The van der Waals surface area contributed by atoms with Gasteiger partial charge >= 0.3 is 5.97 Å². The molecule has 0 radical (unpaired) electrons. The zero-order chi connectivity index (χ0) is 17.5. The highest BCUT2D eigenvalue weighted by molar-refractivity contribution is 6.36. The van der Waals surface area contributed by atoms with Crippen LogP contribution in [0.1, 0.15) is 12.5 Å². The average Bonchev–Trinajstić information content (AvgIpc) is 2.57. The van der Waals surface area contributed by atoms with Crippen LogP contribution in [0.4, 0.5) is 5.69 Å². The Hall–Kier alpha value is -2.37. The first-order valence-corrected chi connectivity index (χ1v) is 7.81. The monoisotopic (exact) mass is 364 g/mol. The molecule has 0 bridgehead atoms. The number of rotatable bonds is 5. The fourth-order valence-corrected chi connectivity index (χ4v) is 2.23. The summed E-state index contributed by atoms with van der Waals surface area (Å²) in [4.78, 5) is 12.1. The van der Waals surface area contributed by atoms with E-state index in [1.54, 1.807) is 49.4 Å². The van der Waals surface area contributed by atoms with Crippen molar-refractivity contribution in [2.75, 3.05) is 6.61 Å². The van der Waals surface area contributed by atoms with E-state index in [2.05, 4.69) is 10.2 Å². The van der Waals surface area contributed by atoms with E-state index >= 15 is 0 Å². The lowest BCUT2D eigenvalue weighted by atomic mass is 10.1. The van der Waals surface area contributed by atoms with Gasteiger partial charge in [0.2, 0.25) is 5.70 Å². The predicted molar refractivity (Wildman–Crippen MR) is 93.6 cm³/mol. The number of nitrogens with zero attached hydrogens (tertiary/aromatic N) is 2. The molecule has 0 unspecified atom stereocenters. The second-order valence-electron chi connectivity index (χ2n) is 4.58. The minimum Gasteiger partial charge on any atom is -0.505 e. The highest BCUT2D eigenvalue weighted by atomic mass is 35.5. The Bertz CT molecular complexity index is 790. The normalized spacial score (nSPS) is 12.1. The summed E-state index contributed by atoms with van der Waals surface area (Å²) in [6.07, 6.45) is 0. The summed E-state index contributed by atoms with van der Waals surface area (Å²) in [6, 6.07) is 13.2. The molecule has 2 aromatic rings. The molecular weight excluding hydrogens is 351 g/mol. The molecule has 0 spiro atoms. The highest BCUT2D eigenvalue weighted by Crippen LogP contribution is 2.29. The molecule has 24 heavy (non-hydrogen) atoms. The molecule has 0 aliphatic heterocycles. The number of hydrogen-bond donors (Lipinski definition) is 1. The van der Waals surface area contributed by atoms with Crippen LogP contribution in [0.15, 0.2) is 64.5 Å². The van der Waals surface area contributed by atoms with E-state index in [0.717, 1.165) is 0 Å². The number of carbonyl (C=O) groups is 1. The zero-order valence-electron chi connectivity index (χ0n) is 12.7. The van der Waals surface area contributed by atoms with Gasteiger partial charge < -0.3 is 9.84 Å². The lowest BCUT2D eigenvalue weighted by molar-refractivity contribution is -0.138. The maximum Gasteiger partial charge on any atom is 0.362 e. The lowest BCUT2D eigenvalue weighted by Crippen LogP contribution is -2.08. The van der Waals surface area contributed by atoms with E-state index in [4.69, 9.17) is 27.9 Å². The quantitative estimate of drug-likeness (QED) is 0.326. The van der Waals surface area contributed by atoms with Gasteiger partial charge in [-0.2, -0.15) is 0 Å². The van der Waals surface area contributed by atoms with Crippen LogP contribution in [0, 0.1) is 0 Å². The summed E-state index contributed by atoms with van der Waals surface area (Å²) in [6.45, 7) is 1.80. The summed E-state index contributed by atoms with van der Waals surface area (Å²) in [5.74, 6) is -1.12. The standard InChI is InChI=1S/C17H14Cl2N2O3/c1-2-24-17(23)15(16(22)11-6-4-3-5-7-11)21-20-14-9-8-12(18)10-13(14)19/h3-10,22H,2H2,1H3/b16-15+,21-20?. The van der Waals surface area contributed by atoms with Gasteiger partial charge in [0, 0.05) is 10.6 Å². The number of ether oxygens (including phenoxy) is 1. The van der Waals surface area contributed by atoms with Gasteiger partial charge in [0.1, 0.15) is 5.69 Å². The molecule has 0 heterocycles. The van der Waals surface area contributed by atoms with Crippen molar-refractivity contribution >= 4 is 40.6 Å². The van der Waals surface area contributed by atoms with Gasteiger partial charge in [-0.15, -0.1) is 10.2 Å². The molecule has 0 amide bonds. The van der Waals surface area contributed by atoms with E-state index in [1.807, 2.05) is 0 Å². The van der Waals surface area contributed by atoms with Gasteiger partial charge in [0.25, 0.3) is 0 Å².